The van der Waals surface area contributed by atoms with Gasteiger partial charge in [0.2, 0.25) is 0 Å². The summed E-state index contributed by atoms with van der Waals surface area (Å²) in [6.45, 7) is 6.38. The summed E-state index contributed by atoms with van der Waals surface area (Å²) < 4.78 is 0. The molecular weight excluding hydrogens is 186 g/mol. The van der Waals surface area contributed by atoms with E-state index in [1.165, 1.54) is 12.8 Å². The van der Waals surface area contributed by atoms with E-state index in [0.29, 0.717) is 0 Å². The second-order valence-electron chi connectivity index (χ2n) is 4.46. The zero-order chi connectivity index (χ0) is 10.7. The average molecular weight is 205 g/mol. The Hall–Kier alpha value is -0.960. The normalized spacial score (nSPS) is 18.0. The van der Waals surface area contributed by atoms with Gasteiger partial charge in [0, 0.05) is 17.8 Å². The van der Waals surface area contributed by atoms with E-state index in [-0.39, 0.29) is 0 Å². The van der Waals surface area contributed by atoms with Crippen LogP contribution in [0.15, 0.2) is 6.07 Å². The van der Waals surface area contributed by atoms with Crippen LogP contribution in [0, 0.1) is 19.8 Å². The Kier molecular flexibility index (Phi) is 3.31. The first kappa shape index (κ1) is 10.6. The van der Waals surface area contributed by atoms with E-state index in [0.717, 1.165) is 42.6 Å². The Balaban J connectivity index is 2.02. The molecule has 0 aromatic carbocycles. The summed E-state index contributed by atoms with van der Waals surface area (Å²) in [7, 11) is 0. The van der Waals surface area contributed by atoms with Gasteiger partial charge in [-0.15, -0.1) is 0 Å². The fraction of sp³-hybridized carbons (Fsp3) is 0.667. The number of nitrogens with zero attached hydrogens (tertiary/aromatic N) is 2. The van der Waals surface area contributed by atoms with Crippen LogP contribution in [0.1, 0.15) is 30.1 Å². The van der Waals surface area contributed by atoms with Crippen molar-refractivity contribution in [2.45, 2.75) is 33.1 Å². The maximum atomic E-state index is 4.50. The first-order valence-corrected chi connectivity index (χ1v) is 5.76. The van der Waals surface area contributed by atoms with Gasteiger partial charge in [-0.3, -0.25) is 0 Å². The first-order valence-electron chi connectivity index (χ1n) is 5.76. The third-order valence-corrected chi connectivity index (χ3v) is 2.96. The minimum Gasteiger partial charge on any atom is -0.317 e. The quantitative estimate of drug-likeness (QED) is 0.797. The van der Waals surface area contributed by atoms with Crippen molar-refractivity contribution in [3.63, 3.8) is 0 Å². The van der Waals surface area contributed by atoms with Crippen LogP contribution in [0.25, 0.3) is 0 Å². The maximum absolute atomic E-state index is 4.50. The number of rotatable bonds is 2. The highest BCUT2D eigenvalue weighted by Gasteiger charge is 2.14. The fourth-order valence-electron chi connectivity index (χ4n) is 2.23. The van der Waals surface area contributed by atoms with Crippen molar-refractivity contribution in [1.29, 1.82) is 0 Å². The predicted octanol–water partition coefficient (Wildman–Crippen LogP) is 1.64. The van der Waals surface area contributed by atoms with Crippen molar-refractivity contribution in [3.05, 3.63) is 23.3 Å². The lowest BCUT2D eigenvalue weighted by Gasteiger charge is -2.21. The molecule has 2 rings (SSSR count). The molecule has 0 spiro atoms. The lowest BCUT2D eigenvalue weighted by Crippen LogP contribution is -2.29. The monoisotopic (exact) mass is 205 g/mol. The highest BCUT2D eigenvalue weighted by atomic mass is 14.9. The molecule has 3 nitrogen and oxygen atoms in total. The number of hydrogen-bond acceptors (Lipinski definition) is 3. The molecule has 0 atom stereocenters. The van der Waals surface area contributed by atoms with Gasteiger partial charge in [-0.25, -0.2) is 9.97 Å². The Bertz CT molecular complexity index is 309. The van der Waals surface area contributed by atoms with E-state index in [9.17, 15) is 0 Å². The number of aryl methyl sites for hydroxylation is 2. The Morgan fingerprint density at radius 2 is 1.80 bits per heavy atom. The summed E-state index contributed by atoms with van der Waals surface area (Å²) in [4.78, 5) is 8.99. The van der Waals surface area contributed by atoms with Gasteiger partial charge in [-0.1, -0.05) is 0 Å². The van der Waals surface area contributed by atoms with Gasteiger partial charge < -0.3 is 5.32 Å². The molecule has 0 bridgehead atoms. The molecule has 0 saturated carbocycles. The van der Waals surface area contributed by atoms with E-state index >= 15 is 0 Å². The predicted molar refractivity (Wildman–Crippen MR) is 60.8 cm³/mol. The van der Waals surface area contributed by atoms with Crippen molar-refractivity contribution in [3.8, 4) is 0 Å². The number of aromatic nitrogens is 2. The summed E-state index contributed by atoms with van der Waals surface area (Å²) in [5.41, 5.74) is 2.18. The van der Waals surface area contributed by atoms with Crippen molar-refractivity contribution < 1.29 is 0 Å². The smallest absolute Gasteiger partial charge is 0.129 e. The minimum atomic E-state index is 0.771. The Morgan fingerprint density at radius 1 is 1.20 bits per heavy atom. The molecular formula is C12H19N3. The van der Waals surface area contributed by atoms with Gasteiger partial charge in [0.25, 0.3) is 0 Å². The number of piperidine rings is 1. The van der Waals surface area contributed by atoms with Gasteiger partial charge in [0.05, 0.1) is 0 Å². The molecule has 1 aromatic rings. The second-order valence-corrected chi connectivity index (χ2v) is 4.46. The molecule has 1 saturated heterocycles. The van der Waals surface area contributed by atoms with E-state index < -0.39 is 0 Å². The van der Waals surface area contributed by atoms with Gasteiger partial charge in [0.15, 0.2) is 0 Å². The standard InChI is InChI=1S/C12H19N3/c1-9-7-10(2)15-12(14-9)8-11-3-5-13-6-4-11/h7,11,13H,3-6,8H2,1-2H3. The third-order valence-electron chi connectivity index (χ3n) is 2.96. The summed E-state index contributed by atoms with van der Waals surface area (Å²) in [6, 6.07) is 2.03. The maximum Gasteiger partial charge on any atom is 0.129 e. The van der Waals surface area contributed by atoms with Crippen molar-refractivity contribution in [1.82, 2.24) is 15.3 Å². The van der Waals surface area contributed by atoms with E-state index in [2.05, 4.69) is 15.3 Å². The van der Waals surface area contributed by atoms with Gasteiger partial charge >= 0.3 is 0 Å². The molecule has 15 heavy (non-hydrogen) atoms. The molecule has 1 aliphatic heterocycles. The van der Waals surface area contributed by atoms with Gasteiger partial charge in [0.1, 0.15) is 5.82 Å². The van der Waals surface area contributed by atoms with Gasteiger partial charge in [-0.05, 0) is 51.8 Å². The molecule has 3 heteroatoms. The van der Waals surface area contributed by atoms with Crippen molar-refractivity contribution in [2.24, 2.45) is 5.92 Å². The third kappa shape index (κ3) is 2.99. The van der Waals surface area contributed by atoms with Crippen LogP contribution >= 0.6 is 0 Å². The summed E-state index contributed by atoms with van der Waals surface area (Å²) in [6.07, 6.45) is 3.57. The van der Waals surface area contributed by atoms with E-state index in [1.54, 1.807) is 0 Å². The molecule has 0 aliphatic carbocycles. The van der Waals surface area contributed by atoms with Crippen LogP contribution < -0.4 is 5.32 Å². The summed E-state index contributed by atoms with van der Waals surface area (Å²) in [5.74, 6) is 1.80. The second kappa shape index (κ2) is 4.71. The zero-order valence-electron chi connectivity index (χ0n) is 9.58. The van der Waals surface area contributed by atoms with E-state index in [4.69, 9.17) is 0 Å². The molecule has 1 fully saturated rings. The topological polar surface area (TPSA) is 37.8 Å². The lowest BCUT2D eigenvalue weighted by atomic mass is 9.94. The molecule has 0 radical (unpaired) electrons. The molecule has 82 valence electrons. The van der Waals surface area contributed by atoms with Crippen molar-refractivity contribution in [2.75, 3.05) is 13.1 Å². The lowest BCUT2D eigenvalue weighted by molar-refractivity contribution is 0.367. The Labute approximate surface area is 91.3 Å². The zero-order valence-corrected chi connectivity index (χ0v) is 9.58. The minimum absolute atomic E-state index is 0.771. The molecule has 1 N–H and O–H groups in total. The highest BCUT2D eigenvalue weighted by Crippen LogP contribution is 2.16. The average Bonchev–Trinajstić information content (AvgIpc) is 2.17. The summed E-state index contributed by atoms with van der Waals surface area (Å²) >= 11 is 0. The molecule has 1 aliphatic rings. The van der Waals surface area contributed by atoms with Crippen LogP contribution in [0.5, 0.6) is 0 Å². The van der Waals surface area contributed by atoms with Crippen LogP contribution in [0.2, 0.25) is 0 Å². The number of hydrogen-bond donors (Lipinski definition) is 1. The molecule has 2 heterocycles. The molecule has 0 unspecified atom stereocenters. The van der Waals surface area contributed by atoms with Crippen LogP contribution in [0.4, 0.5) is 0 Å². The number of nitrogens with one attached hydrogen (secondary N) is 1. The molecule has 1 aromatic heterocycles. The van der Waals surface area contributed by atoms with Gasteiger partial charge in [-0.2, -0.15) is 0 Å². The van der Waals surface area contributed by atoms with E-state index in [1.807, 2.05) is 19.9 Å². The highest BCUT2D eigenvalue weighted by molar-refractivity contribution is 5.08. The first-order chi connectivity index (χ1) is 7.24. The molecule has 0 amide bonds. The summed E-state index contributed by atoms with van der Waals surface area (Å²) in [5, 5.41) is 3.38. The largest absolute Gasteiger partial charge is 0.317 e. The fourth-order valence-corrected chi connectivity index (χ4v) is 2.23. The van der Waals surface area contributed by atoms with Crippen LogP contribution in [-0.4, -0.2) is 23.1 Å². The van der Waals surface area contributed by atoms with Crippen LogP contribution in [0.3, 0.4) is 0 Å². The van der Waals surface area contributed by atoms with Crippen LogP contribution in [-0.2, 0) is 6.42 Å². The van der Waals surface area contributed by atoms with Crippen molar-refractivity contribution >= 4 is 0 Å². The SMILES string of the molecule is Cc1cc(C)nc(CC2CCNCC2)n1. The Morgan fingerprint density at radius 3 is 2.40 bits per heavy atom.